The summed E-state index contributed by atoms with van der Waals surface area (Å²) >= 11 is 5.66. The summed E-state index contributed by atoms with van der Waals surface area (Å²) in [5, 5.41) is 0. The first-order chi connectivity index (χ1) is 7.63. The Morgan fingerprint density at radius 2 is 2.19 bits per heavy atom. The third-order valence-corrected chi connectivity index (χ3v) is 2.44. The van der Waals surface area contributed by atoms with Gasteiger partial charge in [0.25, 0.3) is 0 Å². The van der Waals surface area contributed by atoms with Crippen molar-refractivity contribution in [1.82, 2.24) is 0 Å². The minimum atomic E-state index is 0.211. The van der Waals surface area contributed by atoms with Crippen molar-refractivity contribution < 1.29 is 4.74 Å². The molecule has 88 valence electrons. The van der Waals surface area contributed by atoms with Crippen molar-refractivity contribution in [3.8, 4) is 5.75 Å². The van der Waals surface area contributed by atoms with Crippen LogP contribution in [-0.2, 0) is 0 Å². The molecule has 2 heteroatoms. The lowest BCUT2D eigenvalue weighted by atomic mass is 10.1. The van der Waals surface area contributed by atoms with E-state index < -0.39 is 0 Å². The molecule has 0 saturated carbocycles. The Morgan fingerprint density at radius 1 is 1.44 bits per heavy atom. The number of rotatable bonds is 5. The van der Waals surface area contributed by atoms with Crippen molar-refractivity contribution in [1.29, 1.82) is 0 Å². The Bertz CT molecular complexity index is 356. The van der Waals surface area contributed by atoms with Gasteiger partial charge in [-0.2, -0.15) is 0 Å². The van der Waals surface area contributed by atoms with E-state index in [0.29, 0.717) is 5.88 Å². The smallest absolute Gasteiger partial charge is 0.120 e. The third-order valence-electron chi connectivity index (χ3n) is 2.22. The highest BCUT2D eigenvalue weighted by molar-refractivity contribution is 6.17. The number of hydrogen-bond acceptors (Lipinski definition) is 1. The number of benzene rings is 1. The van der Waals surface area contributed by atoms with E-state index in [4.69, 9.17) is 16.3 Å². The van der Waals surface area contributed by atoms with Crippen molar-refractivity contribution in [3.63, 3.8) is 0 Å². The molecule has 0 atom stereocenters. The molecule has 0 saturated heterocycles. The van der Waals surface area contributed by atoms with Crippen LogP contribution in [0.2, 0.25) is 0 Å². The molecule has 0 aliphatic carbocycles. The number of allylic oxidation sites excluding steroid dienone is 2. The van der Waals surface area contributed by atoms with Gasteiger partial charge in [-0.1, -0.05) is 18.2 Å². The van der Waals surface area contributed by atoms with Crippen LogP contribution in [0.3, 0.4) is 0 Å². The highest BCUT2D eigenvalue weighted by Crippen LogP contribution is 2.21. The predicted octanol–water partition coefficient (Wildman–Crippen LogP) is 4.51. The summed E-state index contributed by atoms with van der Waals surface area (Å²) in [5.74, 6) is 1.59. The van der Waals surface area contributed by atoms with Crippen LogP contribution in [-0.4, -0.2) is 12.0 Å². The molecule has 0 heterocycles. The number of halogens is 1. The summed E-state index contributed by atoms with van der Waals surface area (Å²) in [4.78, 5) is 0. The first-order valence-electron chi connectivity index (χ1n) is 5.63. The average molecular weight is 239 g/mol. The molecule has 0 bridgehead atoms. The predicted molar refractivity (Wildman–Crippen MR) is 71.2 cm³/mol. The van der Waals surface area contributed by atoms with Gasteiger partial charge in [-0.15, -0.1) is 11.6 Å². The molecule has 1 aromatic carbocycles. The van der Waals surface area contributed by atoms with E-state index in [1.165, 1.54) is 11.1 Å². The fourth-order valence-electron chi connectivity index (χ4n) is 1.48. The summed E-state index contributed by atoms with van der Waals surface area (Å²) in [5.41, 5.74) is 2.44. The lowest BCUT2D eigenvalue weighted by Crippen LogP contribution is -2.05. The second kappa shape index (κ2) is 6.59. The molecule has 0 aliphatic rings. The highest BCUT2D eigenvalue weighted by Gasteiger charge is 2.00. The lowest BCUT2D eigenvalue weighted by molar-refractivity contribution is 0.242. The molecule has 1 rings (SSSR count). The van der Waals surface area contributed by atoms with Crippen molar-refractivity contribution in [3.05, 3.63) is 35.9 Å². The molecule has 0 aromatic heterocycles. The summed E-state index contributed by atoms with van der Waals surface area (Å²) in [6.07, 6.45) is 3.27. The monoisotopic (exact) mass is 238 g/mol. The van der Waals surface area contributed by atoms with E-state index >= 15 is 0 Å². The summed E-state index contributed by atoms with van der Waals surface area (Å²) in [6.45, 7) is 6.16. The van der Waals surface area contributed by atoms with Gasteiger partial charge < -0.3 is 4.74 Å². The standard InChI is InChI=1S/C14H19ClO/c1-11(2)16-14-8-4-7-13(10-14)12(3)6-5-9-15/h4,6-8,10-11H,5,9H2,1-3H3. The van der Waals surface area contributed by atoms with Crippen molar-refractivity contribution >= 4 is 17.2 Å². The molecule has 0 spiro atoms. The van der Waals surface area contributed by atoms with Gasteiger partial charge in [0.2, 0.25) is 0 Å². The van der Waals surface area contributed by atoms with Gasteiger partial charge in [0.15, 0.2) is 0 Å². The van der Waals surface area contributed by atoms with Gasteiger partial charge >= 0.3 is 0 Å². The van der Waals surface area contributed by atoms with Crippen LogP contribution in [0.15, 0.2) is 30.3 Å². The van der Waals surface area contributed by atoms with Crippen molar-refractivity contribution in [2.75, 3.05) is 5.88 Å². The quantitative estimate of drug-likeness (QED) is 0.686. The Morgan fingerprint density at radius 3 is 2.81 bits per heavy atom. The first kappa shape index (κ1) is 13.1. The van der Waals surface area contributed by atoms with Crippen LogP contribution in [0.25, 0.3) is 5.57 Å². The SMILES string of the molecule is CC(=CCCCl)c1cccc(OC(C)C)c1. The molecule has 0 unspecified atom stereocenters. The maximum Gasteiger partial charge on any atom is 0.120 e. The molecular formula is C14H19ClO. The Kier molecular flexibility index (Phi) is 5.41. The third kappa shape index (κ3) is 4.28. The minimum Gasteiger partial charge on any atom is -0.491 e. The second-order valence-corrected chi connectivity index (χ2v) is 4.44. The Balaban J connectivity index is 2.81. The van der Waals surface area contributed by atoms with Crippen molar-refractivity contribution in [2.24, 2.45) is 0 Å². The fraction of sp³-hybridized carbons (Fsp3) is 0.429. The maximum absolute atomic E-state index is 5.66. The normalized spacial score (nSPS) is 11.9. The zero-order chi connectivity index (χ0) is 12.0. The zero-order valence-electron chi connectivity index (χ0n) is 10.2. The molecule has 0 amide bonds. The molecule has 0 N–H and O–H groups in total. The van der Waals surface area contributed by atoms with E-state index in [1.807, 2.05) is 26.0 Å². The van der Waals surface area contributed by atoms with E-state index in [-0.39, 0.29) is 6.10 Å². The van der Waals surface area contributed by atoms with Gasteiger partial charge in [-0.25, -0.2) is 0 Å². The molecule has 16 heavy (non-hydrogen) atoms. The Labute approximate surface area is 103 Å². The molecule has 0 fully saturated rings. The van der Waals surface area contributed by atoms with E-state index in [2.05, 4.69) is 25.1 Å². The van der Waals surface area contributed by atoms with Crippen molar-refractivity contribution in [2.45, 2.75) is 33.3 Å². The molecule has 0 aliphatic heterocycles. The van der Waals surface area contributed by atoms with E-state index in [9.17, 15) is 0 Å². The summed E-state index contributed by atoms with van der Waals surface area (Å²) in [6, 6.07) is 8.16. The summed E-state index contributed by atoms with van der Waals surface area (Å²) < 4.78 is 5.66. The zero-order valence-corrected chi connectivity index (χ0v) is 10.9. The van der Waals surface area contributed by atoms with Crippen LogP contribution in [0, 0.1) is 0 Å². The van der Waals surface area contributed by atoms with Crippen LogP contribution in [0.4, 0.5) is 0 Å². The molecule has 1 nitrogen and oxygen atoms in total. The van der Waals surface area contributed by atoms with Gasteiger partial charge in [-0.3, -0.25) is 0 Å². The van der Waals surface area contributed by atoms with Crippen LogP contribution >= 0.6 is 11.6 Å². The maximum atomic E-state index is 5.66. The largest absolute Gasteiger partial charge is 0.491 e. The average Bonchev–Trinajstić information content (AvgIpc) is 2.25. The fourth-order valence-corrected chi connectivity index (χ4v) is 1.58. The lowest BCUT2D eigenvalue weighted by Gasteiger charge is -2.11. The molecule has 0 radical (unpaired) electrons. The van der Waals surface area contributed by atoms with E-state index in [0.717, 1.165) is 12.2 Å². The van der Waals surface area contributed by atoms with Crippen LogP contribution in [0.5, 0.6) is 5.75 Å². The minimum absolute atomic E-state index is 0.211. The number of alkyl halides is 1. The van der Waals surface area contributed by atoms with Crippen LogP contribution < -0.4 is 4.74 Å². The van der Waals surface area contributed by atoms with Gasteiger partial charge in [-0.05, 0) is 50.5 Å². The molecule has 1 aromatic rings. The van der Waals surface area contributed by atoms with Gasteiger partial charge in [0.1, 0.15) is 5.75 Å². The Hall–Kier alpha value is -0.950. The molecular weight excluding hydrogens is 220 g/mol. The summed E-state index contributed by atoms with van der Waals surface area (Å²) in [7, 11) is 0. The number of hydrogen-bond donors (Lipinski definition) is 0. The first-order valence-corrected chi connectivity index (χ1v) is 6.16. The highest BCUT2D eigenvalue weighted by atomic mass is 35.5. The van der Waals surface area contributed by atoms with Gasteiger partial charge in [0, 0.05) is 5.88 Å². The van der Waals surface area contributed by atoms with E-state index in [1.54, 1.807) is 0 Å². The van der Waals surface area contributed by atoms with Crippen LogP contribution in [0.1, 0.15) is 32.8 Å². The number of ether oxygens (including phenoxy) is 1. The second-order valence-electron chi connectivity index (χ2n) is 4.06. The topological polar surface area (TPSA) is 9.23 Å². The van der Waals surface area contributed by atoms with Gasteiger partial charge in [0.05, 0.1) is 6.10 Å².